The smallest absolute Gasteiger partial charge is 0.190 e. The van der Waals surface area contributed by atoms with Crippen LogP contribution in [0.15, 0.2) is 0 Å². The van der Waals surface area contributed by atoms with Crippen molar-refractivity contribution in [3.05, 3.63) is 0 Å². The van der Waals surface area contributed by atoms with E-state index in [-0.39, 0.29) is 5.60 Å². The molecule has 0 aromatic rings. The summed E-state index contributed by atoms with van der Waals surface area (Å²) in [5, 5.41) is 0. The highest BCUT2D eigenvalue weighted by atomic mass is 16.5. The van der Waals surface area contributed by atoms with E-state index in [0.717, 1.165) is 12.8 Å². The first-order chi connectivity index (χ1) is 3.83. The molecular formula is C6H8O2. The second kappa shape index (κ2) is 1.13. The Labute approximate surface area is 47.8 Å². The van der Waals surface area contributed by atoms with Gasteiger partial charge in [0.1, 0.15) is 12.2 Å². The van der Waals surface area contributed by atoms with Crippen LogP contribution in [0.3, 0.4) is 0 Å². The molecule has 1 aliphatic carbocycles. The topological polar surface area (TPSA) is 26.3 Å². The monoisotopic (exact) mass is 112 g/mol. The minimum absolute atomic E-state index is 0.236. The van der Waals surface area contributed by atoms with Gasteiger partial charge in [0, 0.05) is 0 Å². The summed E-state index contributed by atoms with van der Waals surface area (Å²) in [5.41, 5.74) is -0.236. The maximum atomic E-state index is 10.7. The third-order valence-corrected chi connectivity index (χ3v) is 2.15. The van der Waals surface area contributed by atoms with E-state index in [4.69, 9.17) is 4.74 Å². The van der Waals surface area contributed by atoms with Gasteiger partial charge in [0.05, 0.1) is 0 Å². The normalized spacial score (nSPS) is 31.8. The van der Waals surface area contributed by atoms with Crippen molar-refractivity contribution in [1.29, 1.82) is 0 Å². The summed E-state index contributed by atoms with van der Waals surface area (Å²) >= 11 is 0. The van der Waals surface area contributed by atoms with Crippen molar-refractivity contribution in [2.75, 3.05) is 6.61 Å². The molecule has 0 bridgehead atoms. The first kappa shape index (κ1) is 4.50. The second-order valence-corrected chi connectivity index (χ2v) is 2.56. The fourth-order valence-electron chi connectivity index (χ4n) is 1.26. The summed E-state index contributed by atoms with van der Waals surface area (Å²) < 4.78 is 5.12. The minimum atomic E-state index is -0.236. The van der Waals surface area contributed by atoms with Crippen molar-refractivity contribution in [3.63, 3.8) is 0 Å². The molecule has 2 nitrogen and oxygen atoms in total. The lowest BCUT2D eigenvalue weighted by Gasteiger charge is -2.46. The van der Waals surface area contributed by atoms with Crippen LogP contribution in [-0.2, 0) is 9.53 Å². The zero-order valence-electron chi connectivity index (χ0n) is 4.64. The molecular weight excluding hydrogens is 104 g/mol. The molecule has 2 fully saturated rings. The molecule has 2 heteroatoms. The third-order valence-electron chi connectivity index (χ3n) is 2.15. The number of rotatable bonds is 0. The molecule has 8 heavy (non-hydrogen) atoms. The van der Waals surface area contributed by atoms with E-state index < -0.39 is 0 Å². The lowest BCUT2D eigenvalue weighted by atomic mass is 9.74. The molecule has 0 aromatic heterocycles. The molecule has 1 aliphatic heterocycles. The van der Waals surface area contributed by atoms with E-state index in [1.807, 2.05) is 0 Å². The highest BCUT2D eigenvalue weighted by Gasteiger charge is 2.51. The van der Waals surface area contributed by atoms with Crippen molar-refractivity contribution in [1.82, 2.24) is 0 Å². The van der Waals surface area contributed by atoms with Crippen LogP contribution in [0.2, 0.25) is 0 Å². The van der Waals surface area contributed by atoms with Crippen LogP contribution in [0.25, 0.3) is 0 Å². The van der Waals surface area contributed by atoms with Crippen molar-refractivity contribution in [2.45, 2.75) is 24.9 Å². The summed E-state index contributed by atoms with van der Waals surface area (Å²) in [7, 11) is 0. The number of Topliss-reactive ketones (excluding diaryl/α,β-unsaturated/α-hetero) is 1. The first-order valence-corrected chi connectivity index (χ1v) is 3.01. The maximum Gasteiger partial charge on any atom is 0.190 e. The molecule has 0 amide bonds. The summed E-state index contributed by atoms with van der Waals surface area (Å²) in [4.78, 5) is 10.7. The van der Waals surface area contributed by atoms with Gasteiger partial charge in [0.2, 0.25) is 0 Å². The zero-order valence-corrected chi connectivity index (χ0v) is 4.64. The number of carbonyl (C=O) groups excluding carboxylic acids is 1. The van der Waals surface area contributed by atoms with Crippen LogP contribution < -0.4 is 0 Å². The Morgan fingerprint density at radius 2 is 2.25 bits per heavy atom. The van der Waals surface area contributed by atoms with Crippen LogP contribution in [0, 0.1) is 0 Å². The molecule has 0 radical (unpaired) electrons. The predicted octanol–water partition coefficient (Wildman–Crippen LogP) is 0.508. The van der Waals surface area contributed by atoms with Crippen LogP contribution in [0.5, 0.6) is 0 Å². The summed E-state index contributed by atoms with van der Waals surface area (Å²) in [6.45, 7) is 0.375. The molecule has 1 saturated carbocycles. The van der Waals surface area contributed by atoms with E-state index in [1.165, 1.54) is 6.42 Å². The first-order valence-electron chi connectivity index (χ1n) is 3.01. The third kappa shape index (κ3) is 0.313. The molecule has 1 saturated heterocycles. The van der Waals surface area contributed by atoms with Gasteiger partial charge >= 0.3 is 0 Å². The Morgan fingerprint density at radius 1 is 1.50 bits per heavy atom. The largest absolute Gasteiger partial charge is 0.359 e. The quantitative estimate of drug-likeness (QED) is 0.456. The molecule has 1 heterocycles. The van der Waals surface area contributed by atoms with Gasteiger partial charge in [0.25, 0.3) is 0 Å². The van der Waals surface area contributed by atoms with E-state index in [9.17, 15) is 4.79 Å². The number of ether oxygens (including phenoxy) is 1. The Morgan fingerprint density at radius 3 is 2.25 bits per heavy atom. The summed E-state index contributed by atoms with van der Waals surface area (Å²) in [6.07, 6.45) is 3.13. The van der Waals surface area contributed by atoms with Gasteiger partial charge in [-0.1, -0.05) is 0 Å². The molecule has 0 N–H and O–H groups in total. The standard InChI is InChI=1S/C6H8O2/c7-5-4-8-6(5)2-1-3-6/h1-4H2. The van der Waals surface area contributed by atoms with Crippen LogP contribution in [0.1, 0.15) is 19.3 Å². The van der Waals surface area contributed by atoms with Gasteiger partial charge < -0.3 is 4.74 Å². The zero-order chi connectivity index (χ0) is 5.61. The second-order valence-electron chi connectivity index (χ2n) is 2.56. The highest BCUT2D eigenvalue weighted by Crippen LogP contribution is 2.41. The fourth-order valence-corrected chi connectivity index (χ4v) is 1.26. The molecule has 2 aliphatic rings. The van der Waals surface area contributed by atoms with Crippen molar-refractivity contribution >= 4 is 5.78 Å². The van der Waals surface area contributed by atoms with Crippen LogP contribution in [0.4, 0.5) is 0 Å². The summed E-state index contributed by atoms with van der Waals surface area (Å²) in [5.74, 6) is 0.323. The van der Waals surface area contributed by atoms with Crippen molar-refractivity contribution in [2.24, 2.45) is 0 Å². The molecule has 1 spiro atoms. The van der Waals surface area contributed by atoms with Gasteiger partial charge in [-0.15, -0.1) is 0 Å². The van der Waals surface area contributed by atoms with Gasteiger partial charge in [-0.25, -0.2) is 0 Å². The van der Waals surface area contributed by atoms with Crippen LogP contribution in [-0.4, -0.2) is 18.0 Å². The van der Waals surface area contributed by atoms with E-state index in [1.54, 1.807) is 0 Å². The van der Waals surface area contributed by atoms with E-state index >= 15 is 0 Å². The van der Waals surface area contributed by atoms with E-state index in [0.29, 0.717) is 12.4 Å². The molecule has 0 aromatic carbocycles. The maximum absolute atomic E-state index is 10.7. The van der Waals surface area contributed by atoms with Crippen molar-refractivity contribution < 1.29 is 9.53 Å². The number of ketones is 1. The van der Waals surface area contributed by atoms with E-state index in [2.05, 4.69) is 0 Å². The Balaban J connectivity index is 2.14. The highest BCUT2D eigenvalue weighted by molar-refractivity contribution is 5.93. The van der Waals surface area contributed by atoms with Crippen molar-refractivity contribution in [3.8, 4) is 0 Å². The average Bonchev–Trinajstić information content (AvgIpc) is 1.58. The Kier molecular flexibility index (Phi) is 0.637. The van der Waals surface area contributed by atoms with Gasteiger partial charge in [-0.05, 0) is 19.3 Å². The molecule has 2 rings (SSSR count). The molecule has 0 atom stereocenters. The number of hydrogen-bond acceptors (Lipinski definition) is 2. The lowest BCUT2D eigenvalue weighted by molar-refractivity contribution is -0.196. The Bertz CT molecular complexity index is 130. The molecule has 44 valence electrons. The minimum Gasteiger partial charge on any atom is -0.359 e. The predicted molar refractivity (Wildman–Crippen MR) is 27.5 cm³/mol. The lowest BCUT2D eigenvalue weighted by Crippen LogP contribution is -2.58. The van der Waals surface area contributed by atoms with Gasteiger partial charge in [-0.3, -0.25) is 4.79 Å². The summed E-state index contributed by atoms with van der Waals surface area (Å²) in [6, 6.07) is 0. The number of carbonyl (C=O) groups is 1. The number of hydrogen-bond donors (Lipinski definition) is 0. The average molecular weight is 112 g/mol. The van der Waals surface area contributed by atoms with Crippen LogP contribution >= 0.6 is 0 Å². The SMILES string of the molecule is O=C1COC12CCC2. The fraction of sp³-hybridized carbons (Fsp3) is 0.833. The molecule has 0 unspecified atom stereocenters. The Hall–Kier alpha value is -0.370. The van der Waals surface area contributed by atoms with Gasteiger partial charge in [0.15, 0.2) is 5.78 Å². The van der Waals surface area contributed by atoms with Gasteiger partial charge in [-0.2, -0.15) is 0 Å².